The van der Waals surface area contributed by atoms with E-state index in [0.29, 0.717) is 50.2 Å². The van der Waals surface area contributed by atoms with Gasteiger partial charge in [0.1, 0.15) is 0 Å². The van der Waals surface area contributed by atoms with E-state index in [-0.39, 0.29) is 17.6 Å². The Bertz CT molecular complexity index is 1250. The number of carbonyl (C=O) groups excluding carboxylic acids is 2. The lowest BCUT2D eigenvalue weighted by Crippen LogP contribution is -2.57. The number of hydrogen-bond donors (Lipinski definition) is 2. The van der Waals surface area contributed by atoms with Gasteiger partial charge in [-0.25, -0.2) is 0 Å². The van der Waals surface area contributed by atoms with E-state index in [0.717, 1.165) is 49.9 Å². The van der Waals surface area contributed by atoms with Crippen molar-refractivity contribution in [3.05, 3.63) is 70.7 Å². The summed E-state index contributed by atoms with van der Waals surface area (Å²) in [5.74, 6) is 0.235. The van der Waals surface area contributed by atoms with Crippen molar-refractivity contribution in [2.75, 3.05) is 32.7 Å². The first-order valence-electron chi connectivity index (χ1n) is 14.8. The molecule has 7 nitrogen and oxygen atoms in total. The summed E-state index contributed by atoms with van der Waals surface area (Å²) >= 11 is 0. The third kappa shape index (κ3) is 5.69. The van der Waals surface area contributed by atoms with E-state index in [1.54, 1.807) is 19.1 Å². The fourth-order valence-corrected chi connectivity index (χ4v) is 7.33. The topological polar surface area (TPSA) is 94.2 Å². The van der Waals surface area contributed by atoms with Crippen LogP contribution in [0.1, 0.15) is 92.5 Å². The van der Waals surface area contributed by atoms with Gasteiger partial charge in [-0.15, -0.1) is 0 Å². The standard InChI is InChI=1S/C33H44N2O5/c1-23-6-4-13-32(3)29(12-14-33(32,39)22-34-15-17-35(18-16-34)24(2)36)27-11-9-25(20-26(37)10-8-23)21-28(27)31(38)30-7-5-19-40-30/h5-7,9,11,19,21,26,29,37,39H,4,8,10,12-18,20,22H2,1-3H3. The van der Waals surface area contributed by atoms with E-state index in [9.17, 15) is 19.8 Å². The molecule has 2 fully saturated rings. The van der Waals surface area contributed by atoms with E-state index in [2.05, 4.69) is 30.9 Å². The number of fused-ring (bicyclic) bond motifs is 8. The van der Waals surface area contributed by atoms with E-state index >= 15 is 0 Å². The van der Waals surface area contributed by atoms with Gasteiger partial charge in [-0.2, -0.15) is 0 Å². The number of piperazine rings is 1. The number of benzene rings is 1. The SMILES string of the molecule is CC(=O)N1CCN(CC2(O)CCC3c4ccc(cc4C(=O)c4ccco4)CC(O)CCC(C)=CCCC32C)CC1. The Labute approximate surface area is 237 Å². The van der Waals surface area contributed by atoms with E-state index < -0.39 is 17.1 Å². The Morgan fingerprint density at radius 1 is 1.10 bits per heavy atom. The van der Waals surface area contributed by atoms with Crippen LogP contribution < -0.4 is 0 Å². The van der Waals surface area contributed by atoms with Gasteiger partial charge in [0.25, 0.3) is 0 Å². The van der Waals surface area contributed by atoms with Crippen molar-refractivity contribution in [2.24, 2.45) is 5.41 Å². The van der Waals surface area contributed by atoms with Crippen LogP contribution in [-0.2, 0) is 11.2 Å². The fourth-order valence-electron chi connectivity index (χ4n) is 7.33. The monoisotopic (exact) mass is 548 g/mol. The summed E-state index contributed by atoms with van der Waals surface area (Å²) in [6.45, 7) is 9.38. The average Bonchev–Trinajstić information content (AvgIpc) is 3.55. The maximum absolute atomic E-state index is 13.8. The minimum atomic E-state index is -0.936. The predicted octanol–water partition coefficient (Wildman–Crippen LogP) is 4.71. The normalized spacial score (nSPS) is 30.0. The second kappa shape index (κ2) is 11.6. The molecule has 1 aromatic heterocycles. The number of β-amino-alcohol motifs (C(OH)–C–C–N with tert-alkyl or cyclic N) is 1. The van der Waals surface area contributed by atoms with E-state index in [1.807, 2.05) is 17.0 Å². The lowest BCUT2D eigenvalue weighted by Gasteiger charge is -2.47. The van der Waals surface area contributed by atoms with Gasteiger partial charge in [-0.05, 0) is 87.1 Å². The van der Waals surface area contributed by atoms with Crippen LogP contribution in [0.15, 0.2) is 52.7 Å². The number of aliphatic hydroxyl groups is 2. The molecule has 4 aliphatic rings. The van der Waals surface area contributed by atoms with Gasteiger partial charge in [-0.3, -0.25) is 14.5 Å². The Morgan fingerprint density at radius 2 is 1.88 bits per heavy atom. The molecule has 2 heterocycles. The number of furan rings is 1. The molecule has 40 heavy (non-hydrogen) atoms. The zero-order valence-electron chi connectivity index (χ0n) is 24.2. The van der Waals surface area contributed by atoms with E-state index in [1.165, 1.54) is 11.8 Å². The van der Waals surface area contributed by atoms with Crippen molar-refractivity contribution in [2.45, 2.75) is 83.3 Å². The highest BCUT2D eigenvalue weighted by Crippen LogP contribution is 2.58. The van der Waals surface area contributed by atoms with Gasteiger partial charge >= 0.3 is 0 Å². The molecule has 0 spiro atoms. The molecule has 2 aromatic rings. The molecule has 1 saturated heterocycles. The third-order valence-corrected chi connectivity index (χ3v) is 9.96. The number of rotatable bonds is 4. The molecule has 6 rings (SSSR count). The summed E-state index contributed by atoms with van der Waals surface area (Å²) in [6, 6.07) is 9.47. The molecule has 7 heteroatoms. The summed E-state index contributed by atoms with van der Waals surface area (Å²) in [5.41, 5.74) is 2.36. The van der Waals surface area contributed by atoms with Crippen LogP contribution in [0.2, 0.25) is 0 Å². The van der Waals surface area contributed by atoms with Gasteiger partial charge in [0.2, 0.25) is 11.7 Å². The molecule has 216 valence electrons. The smallest absolute Gasteiger partial charge is 0.228 e. The van der Waals surface area contributed by atoms with Crippen molar-refractivity contribution in [1.82, 2.24) is 9.80 Å². The van der Waals surface area contributed by atoms with Crippen molar-refractivity contribution in [1.29, 1.82) is 0 Å². The third-order valence-electron chi connectivity index (χ3n) is 9.96. The van der Waals surface area contributed by atoms with Gasteiger partial charge in [-0.1, -0.05) is 30.7 Å². The molecule has 4 atom stereocenters. The maximum atomic E-state index is 13.8. The molecular formula is C33H44N2O5. The van der Waals surface area contributed by atoms with Gasteiger partial charge in [0.05, 0.1) is 18.0 Å². The summed E-state index contributed by atoms with van der Waals surface area (Å²) in [4.78, 5) is 29.8. The second-order valence-corrected chi connectivity index (χ2v) is 12.5. The molecule has 1 saturated carbocycles. The van der Waals surface area contributed by atoms with Gasteiger partial charge < -0.3 is 19.5 Å². The van der Waals surface area contributed by atoms with Crippen LogP contribution in [0.5, 0.6) is 0 Å². The minimum Gasteiger partial charge on any atom is -0.461 e. The Hall–Kier alpha value is -2.74. The number of nitrogens with zero attached hydrogens (tertiary/aromatic N) is 2. The summed E-state index contributed by atoms with van der Waals surface area (Å²) in [7, 11) is 0. The highest BCUT2D eigenvalue weighted by atomic mass is 16.3. The molecule has 4 unspecified atom stereocenters. The van der Waals surface area contributed by atoms with Crippen molar-refractivity contribution < 1.29 is 24.2 Å². The van der Waals surface area contributed by atoms with Crippen molar-refractivity contribution in [3.63, 3.8) is 0 Å². The summed E-state index contributed by atoms with van der Waals surface area (Å²) in [6.07, 6.45) is 8.34. The molecule has 2 N–H and O–H groups in total. The van der Waals surface area contributed by atoms with Crippen LogP contribution in [0.3, 0.4) is 0 Å². The average molecular weight is 549 g/mol. The first-order valence-corrected chi connectivity index (χ1v) is 14.8. The zero-order valence-corrected chi connectivity index (χ0v) is 24.2. The largest absolute Gasteiger partial charge is 0.461 e. The number of aliphatic hydroxyl groups excluding tert-OH is 1. The Balaban J connectivity index is 1.53. The fraction of sp³-hybridized carbons (Fsp3) is 0.576. The van der Waals surface area contributed by atoms with E-state index in [4.69, 9.17) is 4.42 Å². The Morgan fingerprint density at radius 3 is 2.58 bits per heavy atom. The summed E-state index contributed by atoms with van der Waals surface area (Å²) in [5, 5.41) is 23.2. The molecule has 2 bridgehead atoms. The number of ketones is 1. The van der Waals surface area contributed by atoms with Crippen LogP contribution in [-0.4, -0.2) is 76.1 Å². The van der Waals surface area contributed by atoms with Crippen LogP contribution in [0.25, 0.3) is 0 Å². The first kappa shape index (κ1) is 28.8. The quantitative estimate of drug-likeness (QED) is 0.425. The van der Waals surface area contributed by atoms with Crippen molar-refractivity contribution >= 4 is 11.7 Å². The van der Waals surface area contributed by atoms with Crippen molar-refractivity contribution in [3.8, 4) is 0 Å². The van der Waals surface area contributed by atoms with Crippen LogP contribution in [0.4, 0.5) is 0 Å². The van der Waals surface area contributed by atoms with Crippen LogP contribution in [0, 0.1) is 5.41 Å². The summed E-state index contributed by atoms with van der Waals surface area (Å²) < 4.78 is 5.52. The lowest BCUT2D eigenvalue weighted by molar-refractivity contribution is -0.132. The number of amides is 1. The Kier molecular flexibility index (Phi) is 8.37. The highest BCUT2D eigenvalue weighted by molar-refractivity contribution is 6.08. The van der Waals surface area contributed by atoms with Gasteiger partial charge in [0.15, 0.2) is 5.76 Å². The van der Waals surface area contributed by atoms with Crippen LogP contribution >= 0.6 is 0 Å². The molecule has 1 aromatic carbocycles. The number of carbonyl (C=O) groups is 2. The molecule has 3 aliphatic carbocycles. The number of hydrogen-bond acceptors (Lipinski definition) is 6. The van der Waals surface area contributed by atoms with Gasteiger partial charge in [0, 0.05) is 50.6 Å². The molecular weight excluding hydrogens is 504 g/mol. The highest BCUT2D eigenvalue weighted by Gasteiger charge is 2.57. The maximum Gasteiger partial charge on any atom is 0.228 e. The molecule has 0 radical (unpaired) electrons. The number of allylic oxidation sites excluding steroid dienone is 2. The molecule has 1 aliphatic heterocycles. The lowest BCUT2D eigenvalue weighted by atomic mass is 9.64. The minimum absolute atomic E-state index is 0.0134. The molecule has 1 amide bonds. The predicted molar refractivity (Wildman–Crippen MR) is 154 cm³/mol. The zero-order chi connectivity index (χ0) is 28.5. The first-order chi connectivity index (χ1) is 19.1. The second-order valence-electron chi connectivity index (χ2n) is 12.5.